The van der Waals surface area contributed by atoms with Crippen molar-refractivity contribution >= 4 is 29.2 Å². The minimum absolute atomic E-state index is 0.611. The van der Waals surface area contributed by atoms with Gasteiger partial charge in [0.15, 0.2) is 0 Å². The molecule has 18 heavy (non-hydrogen) atoms. The predicted octanol–water partition coefficient (Wildman–Crippen LogP) is 4.31. The molecule has 96 valence electrons. The summed E-state index contributed by atoms with van der Waals surface area (Å²) in [6, 6.07) is 5.45. The molecule has 5 heteroatoms. The Bertz CT molecular complexity index is 549. The molecule has 1 aromatic heterocycles. The van der Waals surface area contributed by atoms with Crippen LogP contribution in [0.5, 0.6) is 0 Å². The molecule has 0 radical (unpaired) electrons. The van der Waals surface area contributed by atoms with E-state index in [1.165, 1.54) is 0 Å². The third kappa shape index (κ3) is 2.79. The molecule has 0 saturated heterocycles. The molecule has 0 aliphatic carbocycles. The fraction of sp³-hybridized carbons (Fsp3) is 0.308. The van der Waals surface area contributed by atoms with Crippen LogP contribution in [-0.4, -0.2) is 16.1 Å². The number of halogens is 2. The maximum atomic E-state index is 6.22. The van der Waals surface area contributed by atoms with Crippen molar-refractivity contribution in [3.63, 3.8) is 0 Å². The molecule has 2 rings (SSSR count). The maximum absolute atomic E-state index is 6.22. The lowest BCUT2D eigenvalue weighted by molar-refractivity contribution is 0.937. The highest BCUT2D eigenvalue weighted by Gasteiger charge is 2.10. The molecule has 0 saturated carbocycles. The van der Waals surface area contributed by atoms with E-state index in [9.17, 15) is 0 Å². The van der Waals surface area contributed by atoms with Gasteiger partial charge >= 0.3 is 0 Å². The third-order valence-electron chi connectivity index (χ3n) is 2.53. The molecule has 0 atom stereocenters. The van der Waals surface area contributed by atoms with E-state index in [2.05, 4.69) is 17.2 Å². The van der Waals surface area contributed by atoms with Crippen LogP contribution in [0.25, 0.3) is 5.69 Å². The van der Waals surface area contributed by atoms with Gasteiger partial charge in [0.05, 0.1) is 16.4 Å². The van der Waals surface area contributed by atoms with Crippen molar-refractivity contribution in [2.75, 3.05) is 11.9 Å². The molecule has 0 unspecified atom stereocenters. The average Bonchev–Trinajstić information content (AvgIpc) is 2.67. The van der Waals surface area contributed by atoms with Crippen LogP contribution in [0.15, 0.2) is 24.4 Å². The van der Waals surface area contributed by atoms with Crippen molar-refractivity contribution < 1.29 is 0 Å². The van der Waals surface area contributed by atoms with E-state index < -0.39 is 0 Å². The van der Waals surface area contributed by atoms with Crippen molar-refractivity contribution in [1.29, 1.82) is 0 Å². The normalized spacial score (nSPS) is 10.7. The monoisotopic (exact) mass is 283 g/mol. The van der Waals surface area contributed by atoms with Gasteiger partial charge in [-0.25, -0.2) is 4.98 Å². The van der Waals surface area contributed by atoms with E-state index in [1.54, 1.807) is 6.07 Å². The van der Waals surface area contributed by atoms with Gasteiger partial charge in [-0.2, -0.15) is 0 Å². The molecule has 0 bridgehead atoms. The summed E-state index contributed by atoms with van der Waals surface area (Å²) in [6.07, 6.45) is 2.99. The molecule has 1 N–H and O–H groups in total. The first-order valence-electron chi connectivity index (χ1n) is 5.87. The van der Waals surface area contributed by atoms with E-state index in [1.807, 2.05) is 29.8 Å². The molecule has 0 aliphatic heterocycles. The number of rotatable bonds is 4. The third-order valence-corrected chi connectivity index (χ3v) is 3.07. The molecule has 2 aromatic rings. The van der Waals surface area contributed by atoms with Gasteiger partial charge in [0.2, 0.25) is 5.95 Å². The number of nitrogens with zero attached hydrogens (tertiary/aromatic N) is 2. The average molecular weight is 284 g/mol. The summed E-state index contributed by atoms with van der Waals surface area (Å²) in [5, 5.41) is 4.52. The van der Waals surface area contributed by atoms with Crippen LogP contribution >= 0.6 is 23.2 Å². The van der Waals surface area contributed by atoms with Gasteiger partial charge < -0.3 is 5.32 Å². The van der Waals surface area contributed by atoms with Gasteiger partial charge in [-0.15, -0.1) is 0 Å². The summed E-state index contributed by atoms with van der Waals surface area (Å²) in [5.74, 6) is 0.804. The Morgan fingerprint density at radius 1 is 1.33 bits per heavy atom. The van der Waals surface area contributed by atoms with Crippen molar-refractivity contribution in [2.24, 2.45) is 0 Å². The highest BCUT2D eigenvalue weighted by molar-refractivity contribution is 6.35. The number of benzene rings is 1. The zero-order chi connectivity index (χ0) is 13.1. The van der Waals surface area contributed by atoms with Gasteiger partial charge in [-0.05, 0) is 31.5 Å². The largest absolute Gasteiger partial charge is 0.355 e. The fourth-order valence-electron chi connectivity index (χ4n) is 1.72. The topological polar surface area (TPSA) is 29.9 Å². The molecule has 0 aliphatic rings. The molecule has 0 fully saturated rings. The number of hydrogen-bond acceptors (Lipinski definition) is 2. The van der Waals surface area contributed by atoms with Gasteiger partial charge in [0.1, 0.15) is 0 Å². The molecular formula is C13H15Cl2N3. The van der Waals surface area contributed by atoms with E-state index in [0.29, 0.717) is 10.0 Å². The van der Waals surface area contributed by atoms with E-state index >= 15 is 0 Å². The molecule has 0 amide bonds. The maximum Gasteiger partial charge on any atom is 0.207 e. The number of aryl methyl sites for hydroxylation is 1. The SMILES string of the molecule is CCCNc1nc(C)cn1-c1ccc(Cl)cc1Cl. The number of nitrogens with one attached hydrogen (secondary N) is 1. The Hall–Kier alpha value is -1.19. The lowest BCUT2D eigenvalue weighted by atomic mass is 10.3. The van der Waals surface area contributed by atoms with Crippen LogP contribution in [0.4, 0.5) is 5.95 Å². The Balaban J connectivity index is 2.42. The van der Waals surface area contributed by atoms with E-state index in [4.69, 9.17) is 23.2 Å². The zero-order valence-corrected chi connectivity index (χ0v) is 11.9. The van der Waals surface area contributed by atoms with Gasteiger partial charge in [-0.3, -0.25) is 4.57 Å². The molecule has 1 aromatic carbocycles. The Morgan fingerprint density at radius 3 is 2.78 bits per heavy atom. The summed E-state index contributed by atoms with van der Waals surface area (Å²) < 4.78 is 1.95. The molecular weight excluding hydrogens is 269 g/mol. The second-order valence-electron chi connectivity index (χ2n) is 4.10. The van der Waals surface area contributed by atoms with Crippen molar-refractivity contribution in [3.05, 3.63) is 40.1 Å². The summed E-state index contributed by atoms with van der Waals surface area (Å²) >= 11 is 12.1. The van der Waals surface area contributed by atoms with Crippen LogP contribution in [0.3, 0.4) is 0 Å². The van der Waals surface area contributed by atoms with Crippen molar-refractivity contribution in [1.82, 2.24) is 9.55 Å². The molecule has 1 heterocycles. The highest BCUT2D eigenvalue weighted by atomic mass is 35.5. The number of hydrogen-bond donors (Lipinski definition) is 1. The minimum atomic E-state index is 0.611. The van der Waals surface area contributed by atoms with E-state index in [-0.39, 0.29) is 0 Å². The summed E-state index contributed by atoms with van der Waals surface area (Å²) in [5.41, 5.74) is 1.82. The minimum Gasteiger partial charge on any atom is -0.355 e. The lowest BCUT2D eigenvalue weighted by Crippen LogP contribution is -2.06. The Morgan fingerprint density at radius 2 is 2.11 bits per heavy atom. The second kappa shape index (κ2) is 5.63. The van der Waals surface area contributed by atoms with Gasteiger partial charge in [0.25, 0.3) is 0 Å². The van der Waals surface area contributed by atoms with Crippen molar-refractivity contribution in [2.45, 2.75) is 20.3 Å². The summed E-state index contributed by atoms with van der Waals surface area (Å²) in [7, 11) is 0. The Kier molecular flexibility index (Phi) is 4.15. The Labute approximate surface area is 117 Å². The summed E-state index contributed by atoms with van der Waals surface area (Å²) in [4.78, 5) is 4.45. The van der Waals surface area contributed by atoms with Crippen LogP contribution in [-0.2, 0) is 0 Å². The molecule has 0 spiro atoms. The first-order chi connectivity index (χ1) is 8.61. The van der Waals surface area contributed by atoms with Crippen LogP contribution in [0, 0.1) is 6.92 Å². The lowest BCUT2D eigenvalue weighted by Gasteiger charge is -2.10. The molecule has 3 nitrogen and oxygen atoms in total. The van der Waals surface area contributed by atoms with Gasteiger partial charge in [0, 0.05) is 17.8 Å². The number of imidazole rings is 1. The first-order valence-corrected chi connectivity index (χ1v) is 6.62. The second-order valence-corrected chi connectivity index (χ2v) is 4.94. The quantitative estimate of drug-likeness (QED) is 0.906. The number of anilines is 1. The zero-order valence-electron chi connectivity index (χ0n) is 10.4. The summed E-state index contributed by atoms with van der Waals surface area (Å²) in [6.45, 7) is 4.95. The fourth-order valence-corrected chi connectivity index (χ4v) is 2.22. The van der Waals surface area contributed by atoms with Crippen LogP contribution in [0.2, 0.25) is 10.0 Å². The highest BCUT2D eigenvalue weighted by Crippen LogP contribution is 2.27. The number of aromatic nitrogens is 2. The van der Waals surface area contributed by atoms with Crippen LogP contribution < -0.4 is 5.32 Å². The van der Waals surface area contributed by atoms with Crippen LogP contribution in [0.1, 0.15) is 19.0 Å². The van der Waals surface area contributed by atoms with E-state index in [0.717, 1.165) is 30.3 Å². The van der Waals surface area contributed by atoms with Gasteiger partial charge in [-0.1, -0.05) is 30.1 Å². The van der Waals surface area contributed by atoms with Crippen molar-refractivity contribution in [3.8, 4) is 5.69 Å². The predicted molar refractivity (Wildman–Crippen MR) is 77.1 cm³/mol. The smallest absolute Gasteiger partial charge is 0.207 e. The standard InChI is InChI=1S/C13H15Cl2N3/c1-3-6-16-13-17-9(2)8-18(13)12-5-4-10(14)7-11(12)15/h4-5,7-8H,3,6H2,1-2H3,(H,16,17). The first kappa shape index (κ1) is 13.2.